The molecule has 0 saturated heterocycles. The molecule has 5 rings (SSSR count). The average Bonchev–Trinajstić information content (AvgIpc) is 2.83. The van der Waals surface area contributed by atoms with E-state index in [2.05, 4.69) is 91.1 Å². The Morgan fingerprint density at radius 2 is 1.23 bits per heavy atom. The molecule has 0 heterocycles. The monoisotopic (exact) mass is 403 g/mol. The molecule has 0 spiro atoms. The molecule has 0 saturated carbocycles. The first-order valence-corrected chi connectivity index (χ1v) is 10.7. The first-order chi connectivity index (χ1) is 15.2. The number of nitrogens with one attached hydrogen (secondary N) is 1. The summed E-state index contributed by atoms with van der Waals surface area (Å²) >= 11 is 0. The zero-order chi connectivity index (χ0) is 21.2. The number of aromatic hydroxyl groups is 1. The molecular weight excluding hydrogens is 378 g/mol. The van der Waals surface area contributed by atoms with Crippen LogP contribution in [0.15, 0.2) is 109 Å². The highest BCUT2D eigenvalue weighted by molar-refractivity contribution is 5.91. The van der Waals surface area contributed by atoms with Crippen LogP contribution in [0.2, 0.25) is 0 Å². The van der Waals surface area contributed by atoms with E-state index in [9.17, 15) is 5.11 Å². The van der Waals surface area contributed by atoms with Gasteiger partial charge in [-0.1, -0.05) is 103 Å². The van der Waals surface area contributed by atoms with Gasteiger partial charge in [0.05, 0.1) is 6.04 Å². The Balaban J connectivity index is 1.73. The van der Waals surface area contributed by atoms with Gasteiger partial charge in [-0.25, -0.2) is 0 Å². The normalized spacial score (nSPS) is 13.3. The van der Waals surface area contributed by atoms with Gasteiger partial charge in [-0.2, -0.15) is 0 Å². The number of fused-ring (bicyclic) bond motifs is 2. The van der Waals surface area contributed by atoms with Crippen LogP contribution in [0.4, 0.5) is 0 Å². The van der Waals surface area contributed by atoms with Crippen molar-refractivity contribution in [3.05, 3.63) is 126 Å². The number of benzene rings is 5. The van der Waals surface area contributed by atoms with Gasteiger partial charge in [0.2, 0.25) is 0 Å². The van der Waals surface area contributed by atoms with Crippen molar-refractivity contribution >= 4 is 21.5 Å². The number of phenolic OH excluding ortho intramolecular Hbond substituents is 1. The molecule has 31 heavy (non-hydrogen) atoms. The van der Waals surface area contributed by atoms with Crippen LogP contribution in [0.1, 0.15) is 35.7 Å². The Bertz CT molecular complexity index is 1340. The smallest absolute Gasteiger partial charge is 0.121 e. The molecule has 5 aromatic rings. The Morgan fingerprint density at radius 3 is 2.00 bits per heavy atom. The molecule has 0 unspecified atom stereocenters. The largest absolute Gasteiger partial charge is 0.508 e. The van der Waals surface area contributed by atoms with Gasteiger partial charge in [-0.05, 0) is 45.7 Å². The maximum absolute atomic E-state index is 11.1. The van der Waals surface area contributed by atoms with E-state index in [1.54, 1.807) is 0 Å². The van der Waals surface area contributed by atoms with Crippen molar-refractivity contribution in [2.24, 2.45) is 0 Å². The topological polar surface area (TPSA) is 32.3 Å². The lowest BCUT2D eigenvalue weighted by Crippen LogP contribution is -2.26. The Morgan fingerprint density at radius 1 is 0.613 bits per heavy atom. The summed E-state index contributed by atoms with van der Waals surface area (Å²) in [6.07, 6.45) is 0. The Hall–Kier alpha value is -3.62. The number of phenols is 1. The molecule has 0 radical (unpaired) electrons. The molecule has 0 aliphatic carbocycles. The van der Waals surface area contributed by atoms with E-state index in [-0.39, 0.29) is 12.1 Å². The maximum Gasteiger partial charge on any atom is 0.121 e. The minimum absolute atomic E-state index is 0.100. The minimum Gasteiger partial charge on any atom is -0.508 e. The predicted molar refractivity (Wildman–Crippen MR) is 129 cm³/mol. The van der Waals surface area contributed by atoms with Crippen molar-refractivity contribution in [1.29, 1.82) is 0 Å². The standard InChI is InChI=1S/C29H25NO/c1-20(21-10-3-2-4-11-21)30-29(26-17-9-14-22-12-5-7-15-24(22)26)28-25-16-8-6-13-23(25)18-19-27(28)31/h2-20,29-31H,1H3/t20-,29-/m0/s1. The minimum atomic E-state index is -0.174. The third kappa shape index (κ3) is 3.67. The quantitative estimate of drug-likeness (QED) is 0.327. The summed E-state index contributed by atoms with van der Waals surface area (Å²) in [6.45, 7) is 2.18. The van der Waals surface area contributed by atoms with Crippen LogP contribution in [0, 0.1) is 0 Å². The summed E-state index contributed by atoms with van der Waals surface area (Å²) in [5.41, 5.74) is 3.29. The van der Waals surface area contributed by atoms with E-state index in [0.29, 0.717) is 5.75 Å². The van der Waals surface area contributed by atoms with E-state index < -0.39 is 0 Å². The second-order valence-corrected chi connectivity index (χ2v) is 8.02. The van der Waals surface area contributed by atoms with Gasteiger partial charge in [-0.15, -0.1) is 0 Å². The van der Waals surface area contributed by atoms with Gasteiger partial charge in [0.15, 0.2) is 0 Å². The van der Waals surface area contributed by atoms with Crippen LogP contribution in [-0.4, -0.2) is 5.11 Å². The van der Waals surface area contributed by atoms with Crippen molar-refractivity contribution in [3.8, 4) is 5.75 Å². The fourth-order valence-electron chi connectivity index (χ4n) is 4.51. The van der Waals surface area contributed by atoms with Crippen LogP contribution in [0.25, 0.3) is 21.5 Å². The molecule has 0 fully saturated rings. The van der Waals surface area contributed by atoms with Gasteiger partial charge < -0.3 is 5.11 Å². The summed E-state index contributed by atoms with van der Waals surface area (Å²) < 4.78 is 0. The van der Waals surface area contributed by atoms with Crippen molar-refractivity contribution in [1.82, 2.24) is 5.32 Å². The second-order valence-electron chi connectivity index (χ2n) is 8.02. The summed E-state index contributed by atoms with van der Waals surface area (Å²) in [5, 5.41) is 19.5. The third-order valence-corrected chi connectivity index (χ3v) is 6.09. The summed E-state index contributed by atoms with van der Waals surface area (Å²) in [5.74, 6) is 0.310. The lowest BCUT2D eigenvalue weighted by Gasteiger charge is -2.27. The number of rotatable bonds is 5. The molecule has 0 aromatic heterocycles. The highest BCUT2D eigenvalue weighted by Gasteiger charge is 2.24. The molecule has 2 N–H and O–H groups in total. The van der Waals surface area contributed by atoms with Crippen LogP contribution >= 0.6 is 0 Å². The second kappa shape index (κ2) is 8.25. The van der Waals surface area contributed by atoms with Crippen molar-refractivity contribution < 1.29 is 5.11 Å². The van der Waals surface area contributed by atoms with Gasteiger partial charge in [0.1, 0.15) is 5.75 Å². The third-order valence-electron chi connectivity index (χ3n) is 6.09. The molecule has 2 atom stereocenters. The van der Waals surface area contributed by atoms with Gasteiger partial charge in [0, 0.05) is 11.6 Å². The molecule has 0 amide bonds. The lowest BCUT2D eigenvalue weighted by molar-refractivity contribution is 0.449. The summed E-state index contributed by atoms with van der Waals surface area (Å²) in [6, 6.07) is 37.3. The van der Waals surface area contributed by atoms with Gasteiger partial charge in [0.25, 0.3) is 0 Å². The average molecular weight is 404 g/mol. The number of hydrogen-bond donors (Lipinski definition) is 2. The van der Waals surface area contributed by atoms with Gasteiger partial charge >= 0.3 is 0 Å². The molecule has 0 aliphatic rings. The molecule has 5 aromatic carbocycles. The molecule has 0 bridgehead atoms. The van der Waals surface area contributed by atoms with Crippen molar-refractivity contribution in [3.63, 3.8) is 0 Å². The van der Waals surface area contributed by atoms with E-state index in [1.807, 2.05) is 30.3 Å². The van der Waals surface area contributed by atoms with Crippen molar-refractivity contribution in [2.45, 2.75) is 19.0 Å². The first-order valence-electron chi connectivity index (χ1n) is 10.7. The zero-order valence-electron chi connectivity index (χ0n) is 17.5. The fraction of sp³-hybridized carbons (Fsp3) is 0.103. The zero-order valence-corrected chi connectivity index (χ0v) is 17.5. The summed E-state index contributed by atoms with van der Waals surface area (Å²) in [7, 11) is 0. The highest BCUT2D eigenvalue weighted by atomic mass is 16.3. The van der Waals surface area contributed by atoms with Gasteiger partial charge in [-0.3, -0.25) is 5.32 Å². The van der Waals surface area contributed by atoms with E-state index in [1.165, 1.54) is 16.3 Å². The Kier molecular flexibility index (Phi) is 5.15. The highest BCUT2D eigenvalue weighted by Crippen LogP contribution is 2.39. The van der Waals surface area contributed by atoms with E-state index >= 15 is 0 Å². The molecular formula is C29H25NO. The van der Waals surface area contributed by atoms with E-state index in [0.717, 1.165) is 21.9 Å². The molecule has 2 heteroatoms. The Labute approximate surface area is 182 Å². The SMILES string of the molecule is C[C@H](N[C@@H](c1cccc2ccccc12)c1c(O)ccc2ccccc12)c1ccccc1. The van der Waals surface area contributed by atoms with Crippen LogP contribution in [-0.2, 0) is 0 Å². The molecule has 152 valence electrons. The van der Waals surface area contributed by atoms with Crippen LogP contribution < -0.4 is 5.32 Å². The molecule has 0 aliphatic heterocycles. The molecule has 2 nitrogen and oxygen atoms in total. The van der Waals surface area contributed by atoms with Crippen LogP contribution in [0.3, 0.4) is 0 Å². The first kappa shape index (κ1) is 19.3. The van der Waals surface area contributed by atoms with Crippen molar-refractivity contribution in [2.75, 3.05) is 0 Å². The number of hydrogen-bond acceptors (Lipinski definition) is 2. The maximum atomic E-state index is 11.1. The predicted octanol–water partition coefficient (Wildman–Crippen LogP) is 7.14. The van der Waals surface area contributed by atoms with Crippen LogP contribution in [0.5, 0.6) is 5.75 Å². The van der Waals surface area contributed by atoms with E-state index in [4.69, 9.17) is 0 Å². The summed E-state index contributed by atoms with van der Waals surface area (Å²) in [4.78, 5) is 0. The fourth-order valence-corrected chi connectivity index (χ4v) is 4.51. The lowest BCUT2D eigenvalue weighted by atomic mass is 9.89.